The highest BCUT2D eigenvalue weighted by atomic mass is 16.5. The molecule has 1 saturated carbocycles. The number of nitrogens with one attached hydrogen (secondary N) is 1. The Morgan fingerprint density at radius 2 is 2.12 bits per heavy atom. The normalized spacial score (nSPS) is 28.2. The van der Waals surface area contributed by atoms with Crippen LogP contribution in [0, 0.1) is 5.41 Å². The molecule has 5 heteroatoms. The average molecular weight is 326 g/mol. The van der Waals surface area contributed by atoms with E-state index in [2.05, 4.69) is 53.5 Å². The molecule has 4 rings (SSSR count). The van der Waals surface area contributed by atoms with Crippen molar-refractivity contribution in [1.29, 1.82) is 0 Å². The fraction of sp³-hybridized carbons (Fsp3) is 0.579. The topological polar surface area (TPSA) is 52.0 Å². The molecule has 2 aliphatic rings. The summed E-state index contributed by atoms with van der Waals surface area (Å²) in [6, 6.07) is 11.2. The number of aromatic nitrogens is 3. The van der Waals surface area contributed by atoms with E-state index in [-0.39, 0.29) is 5.41 Å². The molecule has 1 aromatic carbocycles. The second kappa shape index (κ2) is 6.30. The molecule has 1 aliphatic carbocycles. The van der Waals surface area contributed by atoms with Crippen LogP contribution in [0.4, 0.5) is 0 Å². The van der Waals surface area contributed by atoms with Gasteiger partial charge in [-0.15, -0.1) is 0 Å². The molecule has 1 N–H and O–H groups in total. The number of rotatable bonds is 5. The molecule has 0 radical (unpaired) electrons. The van der Waals surface area contributed by atoms with Crippen LogP contribution in [0.1, 0.15) is 50.5 Å². The molecule has 24 heavy (non-hydrogen) atoms. The van der Waals surface area contributed by atoms with Crippen LogP contribution in [0.25, 0.3) is 0 Å². The summed E-state index contributed by atoms with van der Waals surface area (Å²) in [4.78, 5) is 4.45. The van der Waals surface area contributed by atoms with Crippen LogP contribution in [0.5, 0.6) is 0 Å². The van der Waals surface area contributed by atoms with E-state index in [1.165, 1.54) is 5.56 Å². The molecule has 0 bridgehead atoms. The zero-order chi connectivity index (χ0) is 16.6. The third-order valence-electron chi connectivity index (χ3n) is 5.69. The van der Waals surface area contributed by atoms with Gasteiger partial charge in [-0.25, -0.2) is 9.67 Å². The molecule has 128 valence electrons. The summed E-state index contributed by atoms with van der Waals surface area (Å²) in [5.74, 6) is 1.09. The molecule has 3 unspecified atom stereocenters. The molecule has 2 heterocycles. The van der Waals surface area contributed by atoms with Gasteiger partial charge in [0.25, 0.3) is 0 Å². The van der Waals surface area contributed by atoms with Crippen molar-refractivity contribution in [3.8, 4) is 0 Å². The monoisotopic (exact) mass is 326 g/mol. The first kappa shape index (κ1) is 15.8. The largest absolute Gasteiger partial charge is 0.373 e. The number of hydrogen-bond donors (Lipinski definition) is 1. The van der Waals surface area contributed by atoms with Gasteiger partial charge in [-0.1, -0.05) is 44.2 Å². The summed E-state index contributed by atoms with van der Waals surface area (Å²) in [5, 5.41) is 8.13. The van der Waals surface area contributed by atoms with Crippen molar-refractivity contribution < 1.29 is 4.74 Å². The van der Waals surface area contributed by atoms with Gasteiger partial charge in [-0.2, -0.15) is 5.10 Å². The van der Waals surface area contributed by atoms with Crippen LogP contribution in [0.15, 0.2) is 36.7 Å². The Labute approximate surface area is 143 Å². The third kappa shape index (κ3) is 2.87. The van der Waals surface area contributed by atoms with Crippen molar-refractivity contribution in [3.05, 3.63) is 48.0 Å². The standard InChI is InChI=1S/C19H26N4O/c1-19(2)16(11-17(19)24-12-14-7-4-3-5-8-14)22-15-9-6-10-23-18(15)20-13-21-23/h3-5,7-8,13,15-17,22H,6,9-12H2,1-2H3. The lowest BCUT2D eigenvalue weighted by Crippen LogP contribution is -2.61. The minimum Gasteiger partial charge on any atom is -0.373 e. The number of aryl methyl sites for hydroxylation is 1. The number of nitrogens with zero attached hydrogens (tertiary/aromatic N) is 3. The Hall–Kier alpha value is -1.72. The maximum Gasteiger partial charge on any atom is 0.143 e. The van der Waals surface area contributed by atoms with Gasteiger partial charge in [-0.3, -0.25) is 0 Å². The first-order chi connectivity index (χ1) is 11.6. The summed E-state index contributed by atoms with van der Waals surface area (Å²) in [6.07, 6.45) is 5.34. The number of hydrogen-bond acceptors (Lipinski definition) is 4. The van der Waals surface area contributed by atoms with Crippen molar-refractivity contribution in [1.82, 2.24) is 20.1 Å². The van der Waals surface area contributed by atoms with Gasteiger partial charge in [0.05, 0.1) is 18.8 Å². The Balaban J connectivity index is 1.34. The molecular formula is C19H26N4O. The molecule has 3 atom stereocenters. The highest BCUT2D eigenvalue weighted by Crippen LogP contribution is 2.44. The van der Waals surface area contributed by atoms with E-state index in [0.717, 1.165) is 31.6 Å². The van der Waals surface area contributed by atoms with E-state index in [0.29, 0.717) is 24.8 Å². The summed E-state index contributed by atoms with van der Waals surface area (Å²) in [6.45, 7) is 6.29. The van der Waals surface area contributed by atoms with Crippen LogP contribution in [-0.2, 0) is 17.9 Å². The number of ether oxygens (including phenoxy) is 1. The van der Waals surface area contributed by atoms with E-state index >= 15 is 0 Å². The highest BCUT2D eigenvalue weighted by molar-refractivity contribution is 5.14. The highest BCUT2D eigenvalue weighted by Gasteiger charge is 2.49. The summed E-state index contributed by atoms with van der Waals surface area (Å²) >= 11 is 0. The van der Waals surface area contributed by atoms with E-state index in [9.17, 15) is 0 Å². The molecule has 1 fully saturated rings. The Kier molecular flexibility index (Phi) is 4.14. The SMILES string of the molecule is CC1(C)C(NC2CCCn3ncnc32)CC1OCc1ccccc1. The van der Waals surface area contributed by atoms with Crippen molar-refractivity contribution in [3.63, 3.8) is 0 Å². The maximum atomic E-state index is 6.18. The summed E-state index contributed by atoms with van der Waals surface area (Å²) < 4.78 is 8.22. The minimum atomic E-state index is 0.136. The smallest absolute Gasteiger partial charge is 0.143 e. The van der Waals surface area contributed by atoms with Gasteiger partial charge in [0, 0.05) is 18.0 Å². The lowest BCUT2D eigenvalue weighted by molar-refractivity contribution is -0.127. The molecule has 1 aromatic heterocycles. The predicted octanol–water partition coefficient (Wildman–Crippen LogP) is 3.09. The van der Waals surface area contributed by atoms with Crippen molar-refractivity contribution in [2.75, 3.05) is 0 Å². The van der Waals surface area contributed by atoms with Crippen molar-refractivity contribution in [2.24, 2.45) is 5.41 Å². The molecule has 2 aromatic rings. The fourth-order valence-corrected chi connectivity index (χ4v) is 3.91. The van der Waals surface area contributed by atoms with E-state index in [1.807, 2.05) is 10.7 Å². The van der Waals surface area contributed by atoms with Gasteiger partial charge in [0.1, 0.15) is 12.2 Å². The molecular weight excluding hydrogens is 300 g/mol. The van der Waals surface area contributed by atoms with Crippen LogP contribution in [-0.4, -0.2) is 26.9 Å². The Bertz CT molecular complexity index is 682. The second-order valence-corrected chi connectivity index (χ2v) is 7.60. The Morgan fingerprint density at radius 1 is 1.29 bits per heavy atom. The zero-order valence-corrected chi connectivity index (χ0v) is 14.5. The van der Waals surface area contributed by atoms with Crippen LogP contribution >= 0.6 is 0 Å². The first-order valence-corrected chi connectivity index (χ1v) is 8.94. The summed E-state index contributed by atoms with van der Waals surface area (Å²) in [7, 11) is 0. The van der Waals surface area contributed by atoms with Crippen molar-refractivity contribution in [2.45, 2.75) is 64.4 Å². The van der Waals surface area contributed by atoms with Crippen LogP contribution < -0.4 is 5.32 Å². The minimum absolute atomic E-state index is 0.136. The van der Waals surface area contributed by atoms with Gasteiger partial charge in [0.15, 0.2) is 0 Å². The first-order valence-electron chi connectivity index (χ1n) is 8.94. The number of fused-ring (bicyclic) bond motifs is 1. The maximum absolute atomic E-state index is 6.18. The van der Waals surface area contributed by atoms with E-state index in [1.54, 1.807) is 6.33 Å². The van der Waals surface area contributed by atoms with Crippen molar-refractivity contribution >= 4 is 0 Å². The van der Waals surface area contributed by atoms with Gasteiger partial charge in [0.2, 0.25) is 0 Å². The molecule has 0 spiro atoms. The third-order valence-corrected chi connectivity index (χ3v) is 5.69. The fourth-order valence-electron chi connectivity index (χ4n) is 3.91. The molecule has 1 aliphatic heterocycles. The van der Waals surface area contributed by atoms with E-state index < -0.39 is 0 Å². The predicted molar refractivity (Wildman–Crippen MR) is 92.3 cm³/mol. The summed E-state index contributed by atoms with van der Waals surface area (Å²) in [5.41, 5.74) is 1.38. The molecule has 0 saturated heterocycles. The average Bonchev–Trinajstić information content (AvgIpc) is 3.07. The van der Waals surface area contributed by atoms with E-state index in [4.69, 9.17) is 4.74 Å². The Morgan fingerprint density at radius 3 is 2.92 bits per heavy atom. The molecule has 5 nitrogen and oxygen atoms in total. The van der Waals surface area contributed by atoms with Crippen LogP contribution in [0.3, 0.4) is 0 Å². The molecule has 0 amide bonds. The lowest BCUT2D eigenvalue weighted by atomic mass is 9.64. The lowest BCUT2D eigenvalue weighted by Gasteiger charge is -2.53. The second-order valence-electron chi connectivity index (χ2n) is 7.60. The number of benzene rings is 1. The van der Waals surface area contributed by atoms with Gasteiger partial charge in [-0.05, 0) is 24.8 Å². The quantitative estimate of drug-likeness (QED) is 0.917. The van der Waals surface area contributed by atoms with Gasteiger partial charge < -0.3 is 10.1 Å². The van der Waals surface area contributed by atoms with Gasteiger partial charge >= 0.3 is 0 Å². The zero-order valence-electron chi connectivity index (χ0n) is 14.5. The van der Waals surface area contributed by atoms with Crippen LogP contribution in [0.2, 0.25) is 0 Å².